The maximum atomic E-state index is 12.1. The van der Waals surface area contributed by atoms with Gasteiger partial charge in [0.2, 0.25) is 5.95 Å². The zero-order valence-electron chi connectivity index (χ0n) is 13.5. The van der Waals surface area contributed by atoms with E-state index in [2.05, 4.69) is 20.0 Å². The summed E-state index contributed by atoms with van der Waals surface area (Å²) in [6.45, 7) is -1.95. The lowest BCUT2D eigenvalue weighted by molar-refractivity contribution is -0.0503. The van der Waals surface area contributed by atoms with Gasteiger partial charge in [0, 0.05) is 12.2 Å². The molecular formula is C16H16F2N4O4. The van der Waals surface area contributed by atoms with Gasteiger partial charge >= 0.3 is 12.7 Å². The molecule has 1 aromatic carbocycles. The Morgan fingerprint density at radius 1 is 1.31 bits per heavy atom. The molecular weight excluding hydrogens is 350 g/mol. The number of hydrogen-bond acceptors (Lipinski definition) is 6. The van der Waals surface area contributed by atoms with Crippen molar-refractivity contribution in [1.82, 2.24) is 14.9 Å². The molecule has 1 unspecified atom stereocenters. The predicted octanol–water partition coefficient (Wildman–Crippen LogP) is 2.87. The maximum absolute atomic E-state index is 12.1. The van der Waals surface area contributed by atoms with Crippen molar-refractivity contribution in [2.45, 2.75) is 12.7 Å². The molecule has 1 atom stereocenters. The molecule has 1 fully saturated rings. The summed E-state index contributed by atoms with van der Waals surface area (Å²) in [4.78, 5) is 20.2. The number of anilines is 2. The van der Waals surface area contributed by atoms with Gasteiger partial charge in [-0.1, -0.05) is 12.1 Å². The Hall–Kier alpha value is -3.01. The number of amides is 1. The number of alkyl halides is 2. The van der Waals surface area contributed by atoms with Gasteiger partial charge in [0.25, 0.3) is 0 Å². The van der Waals surface area contributed by atoms with Crippen LogP contribution >= 0.6 is 0 Å². The van der Waals surface area contributed by atoms with Gasteiger partial charge in [-0.3, -0.25) is 0 Å². The third kappa shape index (κ3) is 4.54. The molecule has 0 bridgehead atoms. The summed E-state index contributed by atoms with van der Waals surface area (Å²) in [5.41, 5.74) is 1.53. The van der Waals surface area contributed by atoms with E-state index in [1.54, 1.807) is 12.1 Å². The van der Waals surface area contributed by atoms with Crippen LogP contribution in [-0.2, 0) is 4.74 Å². The molecule has 138 valence electrons. The molecule has 1 amide bonds. The summed E-state index contributed by atoms with van der Waals surface area (Å²) in [5, 5.41) is 12.0. The van der Waals surface area contributed by atoms with E-state index < -0.39 is 12.7 Å². The van der Waals surface area contributed by atoms with Crippen LogP contribution in [0.2, 0.25) is 0 Å². The standard InChI is InChI=1S/C16H16F2N4O4/c17-14(18)26-12-7-19-15(20-8-12)21-11-3-1-10(2-4-11)13-9-22(16(23)24)5-6-25-13/h1-4,7-8,13-14H,5-6,9H2,(H,23,24)(H,19,20,21). The van der Waals surface area contributed by atoms with Crippen LogP contribution < -0.4 is 10.1 Å². The highest BCUT2D eigenvalue weighted by Crippen LogP contribution is 2.24. The van der Waals surface area contributed by atoms with E-state index in [1.165, 1.54) is 4.90 Å². The average Bonchev–Trinajstić information content (AvgIpc) is 2.64. The number of benzene rings is 1. The van der Waals surface area contributed by atoms with Crippen LogP contribution in [0.1, 0.15) is 11.7 Å². The molecule has 2 aromatic rings. The number of halogens is 2. The third-order valence-electron chi connectivity index (χ3n) is 3.73. The summed E-state index contributed by atoms with van der Waals surface area (Å²) in [6, 6.07) is 7.16. The second kappa shape index (κ2) is 7.91. The Labute approximate surface area is 147 Å². The number of rotatable bonds is 5. The number of nitrogens with one attached hydrogen (secondary N) is 1. The van der Waals surface area contributed by atoms with Crippen molar-refractivity contribution in [1.29, 1.82) is 0 Å². The molecule has 26 heavy (non-hydrogen) atoms. The van der Waals surface area contributed by atoms with Crippen molar-refractivity contribution in [3.8, 4) is 5.75 Å². The normalized spacial score (nSPS) is 17.2. The molecule has 0 radical (unpaired) electrons. The molecule has 1 aromatic heterocycles. The Morgan fingerprint density at radius 2 is 2.00 bits per heavy atom. The molecule has 10 heteroatoms. The van der Waals surface area contributed by atoms with Crippen LogP contribution in [0.3, 0.4) is 0 Å². The van der Waals surface area contributed by atoms with E-state index in [-0.39, 0.29) is 24.3 Å². The largest absolute Gasteiger partial charge is 0.465 e. The fraction of sp³-hybridized carbons (Fsp3) is 0.312. The molecule has 2 N–H and O–H groups in total. The molecule has 8 nitrogen and oxygen atoms in total. The first-order chi connectivity index (χ1) is 12.5. The lowest BCUT2D eigenvalue weighted by Crippen LogP contribution is -2.41. The predicted molar refractivity (Wildman–Crippen MR) is 86.7 cm³/mol. The minimum absolute atomic E-state index is 0.127. The van der Waals surface area contributed by atoms with Crippen LogP contribution in [0, 0.1) is 0 Å². The van der Waals surface area contributed by atoms with E-state index in [1.807, 2.05) is 12.1 Å². The van der Waals surface area contributed by atoms with Crippen molar-refractivity contribution >= 4 is 17.7 Å². The highest BCUT2D eigenvalue weighted by Gasteiger charge is 2.24. The van der Waals surface area contributed by atoms with Gasteiger partial charge in [-0.15, -0.1) is 0 Å². The van der Waals surface area contributed by atoms with E-state index in [0.717, 1.165) is 18.0 Å². The van der Waals surface area contributed by atoms with Gasteiger partial charge in [-0.2, -0.15) is 8.78 Å². The van der Waals surface area contributed by atoms with E-state index in [9.17, 15) is 13.6 Å². The summed E-state index contributed by atoms with van der Waals surface area (Å²) < 4.78 is 34.0. The number of carbonyl (C=O) groups is 1. The Morgan fingerprint density at radius 3 is 2.62 bits per heavy atom. The summed E-state index contributed by atoms with van der Waals surface area (Å²) in [6.07, 6.45) is 1.00. The SMILES string of the molecule is O=C(O)N1CCOC(c2ccc(Nc3ncc(OC(F)F)cn3)cc2)C1. The molecule has 2 heterocycles. The van der Waals surface area contributed by atoms with Gasteiger partial charge in [-0.25, -0.2) is 14.8 Å². The van der Waals surface area contributed by atoms with Crippen LogP contribution in [0.4, 0.5) is 25.2 Å². The first-order valence-corrected chi connectivity index (χ1v) is 7.74. The van der Waals surface area contributed by atoms with Crippen LogP contribution in [0.15, 0.2) is 36.7 Å². The van der Waals surface area contributed by atoms with Crippen LogP contribution in [0.25, 0.3) is 0 Å². The second-order valence-corrected chi connectivity index (χ2v) is 5.46. The topological polar surface area (TPSA) is 96.8 Å². The highest BCUT2D eigenvalue weighted by atomic mass is 19.3. The fourth-order valence-corrected chi connectivity index (χ4v) is 2.48. The van der Waals surface area contributed by atoms with Crippen molar-refractivity contribution in [2.75, 3.05) is 25.0 Å². The number of morpholine rings is 1. The number of aromatic nitrogens is 2. The van der Waals surface area contributed by atoms with Gasteiger partial charge in [0.1, 0.15) is 6.10 Å². The molecule has 0 aliphatic carbocycles. The smallest absolute Gasteiger partial charge is 0.407 e. The van der Waals surface area contributed by atoms with Gasteiger partial charge in [-0.05, 0) is 17.7 Å². The van der Waals surface area contributed by atoms with Crippen LogP contribution in [0.5, 0.6) is 5.75 Å². The molecule has 1 aliphatic rings. The zero-order chi connectivity index (χ0) is 18.5. The number of ether oxygens (including phenoxy) is 2. The Bertz CT molecular complexity index is 743. The van der Waals surface area contributed by atoms with Crippen LogP contribution in [-0.4, -0.2) is 52.4 Å². The van der Waals surface area contributed by atoms with Gasteiger partial charge < -0.3 is 24.8 Å². The average molecular weight is 366 g/mol. The second-order valence-electron chi connectivity index (χ2n) is 5.46. The first kappa shape index (κ1) is 17.8. The molecule has 1 saturated heterocycles. The van der Waals surface area contributed by atoms with Crippen molar-refractivity contribution in [3.63, 3.8) is 0 Å². The molecule has 1 aliphatic heterocycles. The van der Waals surface area contributed by atoms with Gasteiger partial charge in [0.15, 0.2) is 5.75 Å². The number of nitrogens with zero attached hydrogens (tertiary/aromatic N) is 3. The molecule has 0 spiro atoms. The zero-order valence-corrected chi connectivity index (χ0v) is 13.5. The van der Waals surface area contributed by atoms with E-state index in [4.69, 9.17) is 9.84 Å². The lowest BCUT2D eigenvalue weighted by Gasteiger charge is -2.31. The van der Waals surface area contributed by atoms with Crippen molar-refractivity contribution < 1.29 is 28.2 Å². The van der Waals surface area contributed by atoms with E-state index in [0.29, 0.717) is 18.8 Å². The third-order valence-corrected chi connectivity index (χ3v) is 3.73. The van der Waals surface area contributed by atoms with Gasteiger partial charge in [0.05, 0.1) is 25.5 Å². The maximum Gasteiger partial charge on any atom is 0.407 e. The van der Waals surface area contributed by atoms with Crippen molar-refractivity contribution in [2.24, 2.45) is 0 Å². The minimum Gasteiger partial charge on any atom is -0.465 e. The Kier molecular flexibility index (Phi) is 5.42. The number of hydrogen-bond donors (Lipinski definition) is 2. The molecule has 0 saturated carbocycles. The fourth-order valence-electron chi connectivity index (χ4n) is 2.48. The summed E-state index contributed by atoms with van der Waals surface area (Å²) >= 11 is 0. The summed E-state index contributed by atoms with van der Waals surface area (Å²) in [5.74, 6) is 0.101. The minimum atomic E-state index is -2.93. The van der Waals surface area contributed by atoms with Crippen molar-refractivity contribution in [3.05, 3.63) is 42.2 Å². The monoisotopic (exact) mass is 366 g/mol. The summed E-state index contributed by atoms with van der Waals surface area (Å²) in [7, 11) is 0. The first-order valence-electron chi connectivity index (χ1n) is 7.74. The van der Waals surface area contributed by atoms with E-state index >= 15 is 0 Å². The molecule has 3 rings (SSSR count). The lowest BCUT2D eigenvalue weighted by atomic mass is 10.1. The quantitative estimate of drug-likeness (QED) is 0.840. The highest BCUT2D eigenvalue weighted by molar-refractivity contribution is 5.65. The number of carboxylic acid groups (broad SMARTS) is 1. The Balaban J connectivity index is 1.61.